The summed E-state index contributed by atoms with van der Waals surface area (Å²) in [5, 5.41) is 3.47. The van der Waals surface area contributed by atoms with Gasteiger partial charge in [0.15, 0.2) is 0 Å². The molecule has 2 fully saturated rings. The van der Waals surface area contributed by atoms with Crippen molar-refractivity contribution >= 4 is 0 Å². The minimum atomic E-state index is 0.271. The number of nitrogens with one attached hydrogen (secondary N) is 1. The zero-order valence-electron chi connectivity index (χ0n) is 9.89. The molecule has 1 saturated carbocycles. The summed E-state index contributed by atoms with van der Waals surface area (Å²) in [7, 11) is 0. The van der Waals surface area contributed by atoms with Crippen LogP contribution in [0.1, 0.15) is 24.1 Å². The Kier molecular flexibility index (Phi) is 3.36. The van der Waals surface area contributed by atoms with Gasteiger partial charge in [-0.05, 0) is 24.5 Å². The van der Waals surface area contributed by atoms with Gasteiger partial charge in [0.05, 0.1) is 25.5 Å². The normalized spacial score (nSPS) is 20.2. The van der Waals surface area contributed by atoms with Crippen molar-refractivity contribution in [3.8, 4) is 0 Å². The van der Waals surface area contributed by atoms with Crippen LogP contribution >= 0.6 is 0 Å². The van der Waals surface area contributed by atoms with E-state index < -0.39 is 0 Å². The molecule has 1 saturated heterocycles. The highest BCUT2D eigenvalue weighted by Gasteiger charge is 2.20. The number of hydrogen-bond acceptors (Lipinski definition) is 4. The molecule has 0 unspecified atom stereocenters. The van der Waals surface area contributed by atoms with Crippen molar-refractivity contribution in [2.24, 2.45) is 0 Å². The lowest BCUT2D eigenvalue weighted by molar-refractivity contribution is -0.135. The lowest BCUT2D eigenvalue weighted by atomic mass is 10.2. The summed E-state index contributed by atoms with van der Waals surface area (Å²) >= 11 is 0. The Bertz CT molecular complexity index is 358. The summed E-state index contributed by atoms with van der Waals surface area (Å²) in [6.07, 6.45) is 4.85. The first-order valence-electron chi connectivity index (χ1n) is 6.27. The maximum Gasteiger partial charge on any atom is 0.105 e. The first-order chi connectivity index (χ1) is 8.40. The van der Waals surface area contributed by atoms with Crippen LogP contribution in [0.4, 0.5) is 0 Å². The Balaban J connectivity index is 1.44. The van der Waals surface area contributed by atoms with Gasteiger partial charge in [-0.25, -0.2) is 0 Å². The van der Waals surface area contributed by atoms with Crippen LogP contribution in [0.2, 0.25) is 0 Å². The van der Waals surface area contributed by atoms with Crippen LogP contribution in [0.25, 0.3) is 0 Å². The fraction of sp³-hybridized carbons (Fsp3) is 0.615. The number of aromatic nitrogens is 1. The molecule has 17 heavy (non-hydrogen) atoms. The van der Waals surface area contributed by atoms with Crippen molar-refractivity contribution in [2.75, 3.05) is 13.2 Å². The number of nitrogens with zero attached hydrogens (tertiary/aromatic N) is 1. The van der Waals surface area contributed by atoms with E-state index in [-0.39, 0.29) is 6.10 Å². The van der Waals surface area contributed by atoms with Crippen molar-refractivity contribution < 1.29 is 9.47 Å². The smallest absolute Gasteiger partial charge is 0.105 e. The third kappa shape index (κ3) is 3.25. The standard InChI is InChI=1S/C13H18N2O2/c1-2-12(7-17-13-8-16-9-13)15-6-10(1)5-14-11-3-4-11/h1-2,6,11,13-14H,3-5,7-9H2. The van der Waals surface area contributed by atoms with E-state index in [1.165, 1.54) is 18.4 Å². The van der Waals surface area contributed by atoms with E-state index in [4.69, 9.17) is 9.47 Å². The second kappa shape index (κ2) is 5.12. The first-order valence-corrected chi connectivity index (χ1v) is 6.27. The van der Waals surface area contributed by atoms with Gasteiger partial charge in [-0.3, -0.25) is 4.98 Å². The molecule has 1 N–H and O–H groups in total. The molecule has 0 spiro atoms. The molecule has 92 valence electrons. The maximum absolute atomic E-state index is 5.61. The van der Waals surface area contributed by atoms with Crippen LogP contribution in [0.5, 0.6) is 0 Å². The highest BCUT2D eigenvalue weighted by molar-refractivity contribution is 5.13. The van der Waals surface area contributed by atoms with E-state index in [1.807, 2.05) is 12.3 Å². The molecule has 2 heterocycles. The predicted octanol–water partition coefficient (Wildman–Crippen LogP) is 1.25. The van der Waals surface area contributed by atoms with Gasteiger partial charge in [-0.1, -0.05) is 6.07 Å². The summed E-state index contributed by atoms with van der Waals surface area (Å²) in [4.78, 5) is 4.40. The minimum absolute atomic E-state index is 0.271. The summed E-state index contributed by atoms with van der Waals surface area (Å²) < 4.78 is 10.7. The van der Waals surface area contributed by atoms with Crippen molar-refractivity contribution in [1.29, 1.82) is 0 Å². The molecule has 3 rings (SSSR count). The third-order valence-corrected chi connectivity index (χ3v) is 3.13. The molecule has 0 aromatic carbocycles. The fourth-order valence-corrected chi connectivity index (χ4v) is 1.71. The zero-order valence-corrected chi connectivity index (χ0v) is 9.89. The van der Waals surface area contributed by atoms with Gasteiger partial charge < -0.3 is 14.8 Å². The molecule has 4 heteroatoms. The molecule has 0 amide bonds. The Morgan fingerprint density at radius 1 is 1.35 bits per heavy atom. The predicted molar refractivity (Wildman–Crippen MR) is 63.5 cm³/mol. The number of hydrogen-bond donors (Lipinski definition) is 1. The summed E-state index contributed by atoms with van der Waals surface area (Å²) in [5.74, 6) is 0. The monoisotopic (exact) mass is 234 g/mol. The highest BCUT2D eigenvalue weighted by atomic mass is 16.6. The molecule has 0 radical (unpaired) electrons. The Morgan fingerprint density at radius 3 is 2.82 bits per heavy atom. The van der Waals surface area contributed by atoms with Crippen LogP contribution in [-0.2, 0) is 22.6 Å². The second-order valence-corrected chi connectivity index (χ2v) is 4.78. The quantitative estimate of drug-likeness (QED) is 0.804. The van der Waals surface area contributed by atoms with Gasteiger partial charge in [-0.15, -0.1) is 0 Å². The Labute approximate surface area is 101 Å². The molecular formula is C13H18N2O2. The number of rotatable bonds is 6. The van der Waals surface area contributed by atoms with Gasteiger partial charge in [0.2, 0.25) is 0 Å². The zero-order chi connectivity index (χ0) is 11.5. The maximum atomic E-state index is 5.61. The van der Waals surface area contributed by atoms with E-state index in [9.17, 15) is 0 Å². The molecule has 0 bridgehead atoms. The SMILES string of the molecule is c1cc(COC2COC2)ncc1CNC1CC1. The molecule has 0 atom stereocenters. The molecule has 1 aromatic heterocycles. The molecule has 1 aliphatic carbocycles. The molecule has 2 aliphatic rings. The molecule has 1 aromatic rings. The van der Waals surface area contributed by atoms with Crippen LogP contribution in [0.15, 0.2) is 18.3 Å². The van der Waals surface area contributed by atoms with Gasteiger partial charge in [0.25, 0.3) is 0 Å². The van der Waals surface area contributed by atoms with E-state index >= 15 is 0 Å². The molecule has 4 nitrogen and oxygen atoms in total. The average Bonchev–Trinajstić information content (AvgIpc) is 3.10. The van der Waals surface area contributed by atoms with Crippen LogP contribution in [-0.4, -0.2) is 30.3 Å². The van der Waals surface area contributed by atoms with Gasteiger partial charge in [-0.2, -0.15) is 0 Å². The van der Waals surface area contributed by atoms with E-state index in [1.54, 1.807) is 0 Å². The largest absolute Gasteiger partial charge is 0.376 e. The minimum Gasteiger partial charge on any atom is -0.376 e. The lowest BCUT2D eigenvalue weighted by Crippen LogP contribution is -2.35. The Morgan fingerprint density at radius 2 is 2.24 bits per heavy atom. The lowest BCUT2D eigenvalue weighted by Gasteiger charge is -2.25. The van der Waals surface area contributed by atoms with Crippen molar-refractivity contribution in [1.82, 2.24) is 10.3 Å². The van der Waals surface area contributed by atoms with Crippen molar-refractivity contribution in [3.05, 3.63) is 29.6 Å². The highest BCUT2D eigenvalue weighted by Crippen LogP contribution is 2.19. The molecule has 1 aliphatic heterocycles. The number of ether oxygens (including phenoxy) is 2. The fourth-order valence-electron chi connectivity index (χ4n) is 1.71. The van der Waals surface area contributed by atoms with Crippen molar-refractivity contribution in [2.45, 2.75) is 38.1 Å². The summed E-state index contributed by atoms with van der Waals surface area (Å²) in [6.45, 7) is 2.96. The van der Waals surface area contributed by atoms with Gasteiger partial charge >= 0.3 is 0 Å². The van der Waals surface area contributed by atoms with E-state index in [0.29, 0.717) is 6.61 Å². The summed E-state index contributed by atoms with van der Waals surface area (Å²) in [6, 6.07) is 4.92. The third-order valence-electron chi connectivity index (χ3n) is 3.13. The first kappa shape index (κ1) is 11.1. The summed E-state index contributed by atoms with van der Waals surface area (Å²) in [5.41, 5.74) is 2.24. The van der Waals surface area contributed by atoms with Crippen LogP contribution < -0.4 is 5.32 Å². The van der Waals surface area contributed by atoms with Gasteiger partial charge in [0.1, 0.15) is 6.10 Å². The topological polar surface area (TPSA) is 43.4 Å². The van der Waals surface area contributed by atoms with E-state index in [0.717, 1.165) is 31.5 Å². The van der Waals surface area contributed by atoms with Crippen LogP contribution in [0.3, 0.4) is 0 Å². The number of pyridine rings is 1. The average molecular weight is 234 g/mol. The Hall–Kier alpha value is -0.970. The van der Waals surface area contributed by atoms with Gasteiger partial charge in [0, 0.05) is 18.8 Å². The van der Waals surface area contributed by atoms with E-state index in [2.05, 4.69) is 16.4 Å². The van der Waals surface area contributed by atoms with Crippen molar-refractivity contribution in [3.63, 3.8) is 0 Å². The second-order valence-electron chi connectivity index (χ2n) is 4.78. The van der Waals surface area contributed by atoms with Crippen LogP contribution in [0, 0.1) is 0 Å². The molecular weight excluding hydrogens is 216 g/mol.